The van der Waals surface area contributed by atoms with Crippen molar-refractivity contribution in [3.8, 4) is 0 Å². The van der Waals surface area contributed by atoms with Gasteiger partial charge in [-0.3, -0.25) is 4.79 Å². The second-order valence-electron chi connectivity index (χ2n) is 6.14. The molecule has 3 rings (SSSR count). The number of nitrogens with one attached hydrogen (secondary N) is 1. The summed E-state index contributed by atoms with van der Waals surface area (Å²) in [7, 11) is 0. The van der Waals surface area contributed by atoms with E-state index in [2.05, 4.69) is 53.2 Å². The number of nitrogens with zero attached hydrogens (tertiary/aromatic N) is 1. The Morgan fingerprint density at radius 1 is 0.880 bits per heavy atom. The van der Waals surface area contributed by atoms with Crippen molar-refractivity contribution >= 4 is 11.6 Å². The van der Waals surface area contributed by atoms with Gasteiger partial charge in [-0.15, -0.1) is 0 Å². The second-order valence-corrected chi connectivity index (χ2v) is 6.14. The number of carbonyl (C=O) groups is 1. The van der Waals surface area contributed by atoms with E-state index in [1.54, 1.807) is 0 Å². The largest absolute Gasteiger partial charge is 0.349 e. The minimum Gasteiger partial charge on any atom is -0.349 e. The van der Waals surface area contributed by atoms with E-state index in [0.29, 0.717) is 6.42 Å². The first-order valence-corrected chi connectivity index (χ1v) is 8.82. The average Bonchev–Trinajstić information content (AvgIpc) is 3.03. The molecule has 128 valence electrons. The predicted molar refractivity (Wildman–Crippen MR) is 103 cm³/mol. The molecule has 0 aliphatic carbocycles. The van der Waals surface area contributed by atoms with Crippen LogP contribution in [0.15, 0.2) is 72.8 Å². The van der Waals surface area contributed by atoms with Crippen LogP contribution in [0.25, 0.3) is 0 Å². The molecule has 3 heteroatoms. The molecule has 0 saturated carbocycles. The first-order chi connectivity index (χ1) is 12.3. The van der Waals surface area contributed by atoms with Crippen LogP contribution in [0.1, 0.15) is 30.3 Å². The fourth-order valence-electron chi connectivity index (χ4n) is 3.13. The molecule has 1 aromatic heterocycles. The SMILES string of the molecule is CCn1c(CCC(=O)Nc2ccccc2)ccc1Cc1ccccc1. The molecule has 3 aromatic rings. The summed E-state index contributed by atoms with van der Waals surface area (Å²) in [5, 5.41) is 2.95. The zero-order valence-electron chi connectivity index (χ0n) is 14.6. The van der Waals surface area contributed by atoms with Gasteiger partial charge in [-0.2, -0.15) is 0 Å². The Kier molecular flexibility index (Phi) is 5.68. The van der Waals surface area contributed by atoms with E-state index in [1.165, 1.54) is 17.0 Å². The van der Waals surface area contributed by atoms with Crippen molar-refractivity contribution in [1.82, 2.24) is 4.57 Å². The van der Waals surface area contributed by atoms with Gasteiger partial charge in [0.15, 0.2) is 0 Å². The Hall–Kier alpha value is -2.81. The minimum absolute atomic E-state index is 0.0552. The molecule has 0 unspecified atom stereocenters. The molecule has 25 heavy (non-hydrogen) atoms. The van der Waals surface area contributed by atoms with Gasteiger partial charge in [-0.05, 0) is 43.2 Å². The molecule has 0 fully saturated rings. The lowest BCUT2D eigenvalue weighted by atomic mass is 10.1. The van der Waals surface area contributed by atoms with Gasteiger partial charge in [0, 0.05) is 36.5 Å². The summed E-state index contributed by atoms with van der Waals surface area (Å²) in [5.41, 5.74) is 4.68. The summed E-state index contributed by atoms with van der Waals surface area (Å²) in [6.45, 7) is 3.08. The molecule has 0 spiro atoms. The highest BCUT2D eigenvalue weighted by molar-refractivity contribution is 5.90. The van der Waals surface area contributed by atoms with Crippen LogP contribution in [0.3, 0.4) is 0 Å². The molecule has 0 aliphatic heterocycles. The number of aromatic nitrogens is 1. The van der Waals surface area contributed by atoms with Crippen molar-refractivity contribution < 1.29 is 4.79 Å². The molecule has 1 N–H and O–H groups in total. The number of hydrogen-bond acceptors (Lipinski definition) is 1. The highest BCUT2D eigenvalue weighted by Gasteiger charge is 2.10. The molecule has 1 heterocycles. The van der Waals surface area contributed by atoms with Crippen LogP contribution in [0, 0.1) is 0 Å². The lowest BCUT2D eigenvalue weighted by Crippen LogP contribution is -2.14. The molecule has 3 nitrogen and oxygen atoms in total. The summed E-state index contributed by atoms with van der Waals surface area (Å²) in [6.07, 6.45) is 2.16. The maximum absolute atomic E-state index is 12.2. The van der Waals surface area contributed by atoms with Crippen LogP contribution in [0.4, 0.5) is 5.69 Å². The zero-order chi connectivity index (χ0) is 17.5. The molecule has 0 radical (unpaired) electrons. The van der Waals surface area contributed by atoms with Gasteiger partial charge in [0.2, 0.25) is 5.91 Å². The summed E-state index contributed by atoms with van der Waals surface area (Å²) < 4.78 is 2.32. The highest BCUT2D eigenvalue weighted by atomic mass is 16.1. The number of para-hydroxylation sites is 1. The zero-order valence-corrected chi connectivity index (χ0v) is 14.6. The van der Waals surface area contributed by atoms with Gasteiger partial charge in [-0.25, -0.2) is 0 Å². The van der Waals surface area contributed by atoms with Gasteiger partial charge in [0.05, 0.1) is 0 Å². The molecule has 1 amide bonds. The monoisotopic (exact) mass is 332 g/mol. The summed E-state index contributed by atoms with van der Waals surface area (Å²) in [5.74, 6) is 0.0552. The van der Waals surface area contributed by atoms with E-state index in [1.807, 2.05) is 36.4 Å². The molecular formula is C22H24N2O. The third kappa shape index (κ3) is 4.60. The quantitative estimate of drug-likeness (QED) is 0.670. The normalized spacial score (nSPS) is 10.6. The van der Waals surface area contributed by atoms with Crippen molar-refractivity contribution in [3.63, 3.8) is 0 Å². The Morgan fingerprint density at radius 2 is 1.52 bits per heavy atom. The molecule has 0 bridgehead atoms. The van der Waals surface area contributed by atoms with Crippen LogP contribution in [-0.2, 0) is 24.2 Å². The van der Waals surface area contributed by atoms with Gasteiger partial charge in [0.1, 0.15) is 0 Å². The van der Waals surface area contributed by atoms with E-state index in [9.17, 15) is 4.79 Å². The maximum Gasteiger partial charge on any atom is 0.224 e. The predicted octanol–water partition coefficient (Wildman–Crippen LogP) is 4.67. The minimum atomic E-state index is 0.0552. The third-order valence-electron chi connectivity index (χ3n) is 4.37. The Balaban J connectivity index is 1.62. The molecular weight excluding hydrogens is 308 g/mol. The maximum atomic E-state index is 12.2. The highest BCUT2D eigenvalue weighted by Crippen LogP contribution is 2.16. The molecule has 0 saturated heterocycles. The van der Waals surface area contributed by atoms with Gasteiger partial charge in [0.25, 0.3) is 0 Å². The van der Waals surface area contributed by atoms with Gasteiger partial charge >= 0.3 is 0 Å². The van der Waals surface area contributed by atoms with Crippen molar-refractivity contribution in [2.45, 2.75) is 32.7 Å². The molecule has 0 aliphatic rings. The van der Waals surface area contributed by atoms with E-state index >= 15 is 0 Å². The second kappa shape index (κ2) is 8.34. The lowest BCUT2D eigenvalue weighted by molar-refractivity contribution is -0.116. The number of amides is 1. The van der Waals surface area contributed by atoms with Crippen LogP contribution < -0.4 is 5.32 Å². The number of carbonyl (C=O) groups excluding carboxylic acids is 1. The Bertz CT molecular complexity index is 807. The number of hydrogen-bond donors (Lipinski definition) is 1. The fraction of sp³-hybridized carbons (Fsp3) is 0.227. The number of anilines is 1. The van der Waals surface area contributed by atoms with E-state index < -0.39 is 0 Å². The molecule has 0 atom stereocenters. The Labute approximate surface area is 149 Å². The number of rotatable bonds is 7. The van der Waals surface area contributed by atoms with E-state index in [0.717, 1.165) is 25.1 Å². The topological polar surface area (TPSA) is 34.0 Å². The van der Waals surface area contributed by atoms with E-state index in [4.69, 9.17) is 0 Å². The number of benzene rings is 2. The number of aryl methyl sites for hydroxylation is 1. The van der Waals surface area contributed by atoms with Crippen LogP contribution in [0.2, 0.25) is 0 Å². The van der Waals surface area contributed by atoms with E-state index in [-0.39, 0.29) is 5.91 Å². The summed E-state index contributed by atoms with van der Waals surface area (Å²) in [6, 6.07) is 24.4. The van der Waals surface area contributed by atoms with Crippen LogP contribution in [0.5, 0.6) is 0 Å². The van der Waals surface area contributed by atoms with Crippen molar-refractivity contribution in [3.05, 3.63) is 89.7 Å². The fourth-order valence-corrected chi connectivity index (χ4v) is 3.13. The Morgan fingerprint density at radius 3 is 2.20 bits per heavy atom. The van der Waals surface area contributed by atoms with Crippen LogP contribution in [-0.4, -0.2) is 10.5 Å². The van der Waals surface area contributed by atoms with Crippen molar-refractivity contribution in [1.29, 1.82) is 0 Å². The third-order valence-corrected chi connectivity index (χ3v) is 4.37. The summed E-state index contributed by atoms with van der Waals surface area (Å²) in [4.78, 5) is 12.2. The summed E-state index contributed by atoms with van der Waals surface area (Å²) >= 11 is 0. The van der Waals surface area contributed by atoms with Crippen molar-refractivity contribution in [2.75, 3.05) is 5.32 Å². The van der Waals surface area contributed by atoms with Crippen molar-refractivity contribution in [2.24, 2.45) is 0 Å². The standard InChI is InChI=1S/C22H24N2O/c1-2-24-20(13-14-21(24)17-18-9-5-3-6-10-18)15-16-22(25)23-19-11-7-4-8-12-19/h3-14H,2,15-17H2,1H3,(H,23,25). The van der Waals surface area contributed by atoms with Gasteiger partial charge < -0.3 is 9.88 Å². The lowest BCUT2D eigenvalue weighted by Gasteiger charge is -2.12. The first-order valence-electron chi connectivity index (χ1n) is 8.82. The van der Waals surface area contributed by atoms with Gasteiger partial charge in [-0.1, -0.05) is 48.5 Å². The smallest absolute Gasteiger partial charge is 0.224 e. The van der Waals surface area contributed by atoms with Crippen LogP contribution >= 0.6 is 0 Å². The molecule has 2 aromatic carbocycles. The average molecular weight is 332 g/mol. The first kappa shape index (κ1) is 17.0.